The zero-order valence-electron chi connectivity index (χ0n) is 40.2. The third kappa shape index (κ3) is 15.9. The number of carbonyl (C=O) groups is 8. The number of nitrogens with one attached hydrogen (secondary N) is 5. The molecule has 18 heteroatoms. The fraction of sp³-hybridized carbons (Fsp3) is 0.370. The Morgan fingerprint density at radius 2 is 1.44 bits per heavy atom. The van der Waals surface area contributed by atoms with E-state index in [-0.39, 0.29) is 71.3 Å². The summed E-state index contributed by atoms with van der Waals surface area (Å²) in [5, 5.41) is 33.1. The second-order valence-corrected chi connectivity index (χ2v) is 18.2. The molecule has 0 aromatic heterocycles. The van der Waals surface area contributed by atoms with E-state index in [2.05, 4.69) is 32.3 Å². The van der Waals surface area contributed by atoms with Crippen LogP contribution in [0.1, 0.15) is 65.8 Å². The first-order chi connectivity index (χ1) is 34.7. The van der Waals surface area contributed by atoms with Gasteiger partial charge >= 0.3 is 11.9 Å². The van der Waals surface area contributed by atoms with Crippen LogP contribution in [-0.4, -0.2) is 121 Å². The molecule has 0 unspecified atom stereocenters. The Kier molecular flexibility index (Phi) is 19.7. The molecule has 2 aliphatic rings. The predicted octanol–water partition coefficient (Wildman–Crippen LogP) is 2.06. The van der Waals surface area contributed by atoms with Crippen LogP contribution in [0.4, 0.5) is 0 Å². The molecule has 2 heterocycles. The Hall–Kier alpha value is -7.70. The van der Waals surface area contributed by atoms with Gasteiger partial charge in [0.1, 0.15) is 12.1 Å². The van der Waals surface area contributed by atoms with Gasteiger partial charge in [-0.2, -0.15) is 0 Å². The van der Waals surface area contributed by atoms with Gasteiger partial charge in [0.2, 0.25) is 35.4 Å². The molecule has 1 fully saturated rings. The fourth-order valence-corrected chi connectivity index (χ4v) is 9.10. The van der Waals surface area contributed by atoms with Crippen molar-refractivity contribution >= 4 is 47.4 Å². The Labute approximate surface area is 418 Å². The number of amides is 6. The number of hydrogen-bond donors (Lipinski definition) is 8. The van der Waals surface area contributed by atoms with Crippen molar-refractivity contribution in [2.75, 3.05) is 45.9 Å². The Balaban J connectivity index is 1.30. The Bertz CT molecular complexity index is 2560. The van der Waals surface area contributed by atoms with E-state index in [1.807, 2.05) is 54.6 Å². The largest absolute Gasteiger partial charge is 0.481 e. The summed E-state index contributed by atoms with van der Waals surface area (Å²) in [5.41, 5.74) is 7.54. The molecule has 10 N–H and O–H groups in total. The minimum Gasteiger partial charge on any atom is -0.481 e. The molecule has 380 valence electrons. The van der Waals surface area contributed by atoms with Gasteiger partial charge in [-0.25, -0.2) is 0 Å². The molecule has 6 rings (SSSR count). The molecule has 0 saturated carbocycles. The highest BCUT2D eigenvalue weighted by atomic mass is 16.5. The van der Waals surface area contributed by atoms with Crippen molar-refractivity contribution in [1.29, 1.82) is 0 Å². The highest BCUT2D eigenvalue weighted by Crippen LogP contribution is 2.35. The summed E-state index contributed by atoms with van der Waals surface area (Å²) >= 11 is 0. The quantitative estimate of drug-likeness (QED) is 0.0753. The molecule has 4 aromatic rings. The zero-order valence-corrected chi connectivity index (χ0v) is 40.2. The number of aliphatic carboxylic acids is 2. The molecular formula is C54H64N7O11+. The Morgan fingerprint density at radius 3 is 2.12 bits per heavy atom. The molecule has 0 aliphatic carbocycles. The number of benzene rings is 4. The monoisotopic (exact) mass is 986 g/mol. The van der Waals surface area contributed by atoms with Gasteiger partial charge in [-0.3, -0.25) is 38.4 Å². The topological polar surface area (TPSA) is 277 Å². The molecule has 1 saturated heterocycles. The number of ether oxygens (including phenoxy) is 1. The molecule has 0 spiro atoms. The van der Waals surface area contributed by atoms with E-state index < -0.39 is 70.8 Å². The second kappa shape index (κ2) is 26.5. The lowest BCUT2D eigenvalue weighted by Gasteiger charge is -2.42. The molecule has 6 amide bonds. The molecule has 2 aliphatic heterocycles. The summed E-state index contributed by atoms with van der Waals surface area (Å²) in [5.74, 6) is -5.83. The fourth-order valence-electron chi connectivity index (χ4n) is 9.10. The van der Waals surface area contributed by atoms with E-state index >= 15 is 0 Å². The number of rotatable bonds is 16. The third-order valence-corrected chi connectivity index (χ3v) is 12.8. The van der Waals surface area contributed by atoms with Crippen molar-refractivity contribution in [1.82, 2.24) is 31.5 Å². The number of carbonyl (C=O) groups excluding carboxylic acids is 6. The SMILES string of the molecule is [NH3+]CCOCCNC(=O)[C@@H]1CCNC(=O)/C=C/C(=O)N2CCC[C@](Cc3ccccc3)(C2)C(=O)N[C@@H](Cc2ccc(-c3ccc(C(CC(=O)O)CC(=O)O)cc3)cc2)C(=O)NCc2ccccc2CC(=O)N1. The molecular weight excluding hydrogens is 923 g/mol. The van der Waals surface area contributed by atoms with Crippen LogP contribution in [0.15, 0.2) is 115 Å². The number of fused-ring (bicyclic) bond motifs is 3. The predicted molar refractivity (Wildman–Crippen MR) is 265 cm³/mol. The van der Waals surface area contributed by atoms with Crippen LogP contribution in [0, 0.1) is 5.41 Å². The highest BCUT2D eigenvalue weighted by molar-refractivity contribution is 5.97. The van der Waals surface area contributed by atoms with Crippen LogP contribution in [0.2, 0.25) is 0 Å². The molecule has 0 radical (unpaired) electrons. The van der Waals surface area contributed by atoms with Gasteiger partial charge in [0, 0.05) is 57.2 Å². The van der Waals surface area contributed by atoms with Crippen molar-refractivity contribution in [3.05, 3.63) is 143 Å². The first-order valence-electron chi connectivity index (χ1n) is 24.2. The molecule has 3 atom stereocenters. The first kappa shape index (κ1) is 53.6. The van der Waals surface area contributed by atoms with Gasteiger partial charge in [0.15, 0.2) is 0 Å². The van der Waals surface area contributed by atoms with Crippen LogP contribution in [0.25, 0.3) is 11.1 Å². The van der Waals surface area contributed by atoms with Gasteiger partial charge in [0.05, 0.1) is 44.4 Å². The summed E-state index contributed by atoms with van der Waals surface area (Å²) in [4.78, 5) is 108. The molecule has 18 nitrogen and oxygen atoms in total. The maximum atomic E-state index is 15.0. The van der Waals surface area contributed by atoms with Crippen LogP contribution in [-0.2, 0) is 68.9 Å². The lowest BCUT2D eigenvalue weighted by Crippen LogP contribution is -2.58. The van der Waals surface area contributed by atoms with Gasteiger partial charge in [0.25, 0.3) is 0 Å². The number of carboxylic acid groups (broad SMARTS) is 2. The number of carboxylic acids is 2. The summed E-state index contributed by atoms with van der Waals surface area (Å²) in [6, 6.07) is 28.8. The van der Waals surface area contributed by atoms with Crippen molar-refractivity contribution in [3.8, 4) is 11.1 Å². The van der Waals surface area contributed by atoms with Crippen LogP contribution >= 0.6 is 0 Å². The van der Waals surface area contributed by atoms with E-state index in [0.717, 1.165) is 28.8 Å². The summed E-state index contributed by atoms with van der Waals surface area (Å²) in [6.45, 7) is 1.75. The van der Waals surface area contributed by atoms with E-state index in [1.54, 1.807) is 48.5 Å². The molecule has 4 aromatic carbocycles. The zero-order chi connectivity index (χ0) is 51.5. The number of piperidine rings is 1. The van der Waals surface area contributed by atoms with Gasteiger partial charge in [-0.15, -0.1) is 0 Å². The average Bonchev–Trinajstić information content (AvgIpc) is 3.36. The van der Waals surface area contributed by atoms with Crippen molar-refractivity contribution in [3.63, 3.8) is 0 Å². The lowest BCUT2D eigenvalue weighted by atomic mass is 9.74. The minimum absolute atomic E-state index is 0.00360. The normalized spacial score (nSPS) is 19.8. The van der Waals surface area contributed by atoms with Crippen molar-refractivity contribution in [2.45, 2.75) is 75.9 Å². The van der Waals surface area contributed by atoms with E-state index in [0.29, 0.717) is 54.8 Å². The maximum Gasteiger partial charge on any atom is 0.303 e. The van der Waals surface area contributed by atoms with Crippen LogP contribution in [0.3, 0.4) is 0 Å². The summed E-state index contributed by atoms with van der Waals surface area (Å²) < 4.78 is 5.43. The van der Waals surface area contributed by atoms with E-state index in [9.17, 15) is 48.6 Å². The maximum absolute atomic E-state index is 15.0. The standard InChI is InChI=1S/C54H63N7O11/c55-23-27-72-28-25-57-51(69)44-21-24-56-46(62)19-20-48(64)61-26-6-22-54(35-61,33-37-7-2-1-3-8-37)53(71)60-45(52(70)58-34-42-10-5-4-9-41(42)30-47(63)59-44)29-36-11-13-38(14-12-36)39-15-17-40(18-16-39)43(31-49(65)66)32-50(67)68/h1-5,7-20,43-45H,6,21-35,55H2,(H,56,62)(H,57,69)(H,58,70)(H,59,63)(H,60,71)(H,65,66)(H,67,68)/p+1/b20-19+/t44-,45-,54-/m0/s1. The van der Waals surface area contributed by atoms with E-state index in [1.165, 1.54) is 4.90 Å². The van der Waals surface area contributed by atoms with Gasteiger partial charge in [-0.1, -0.05) is 103 Å². The summed E-state index contributed by atoms with van der Waals surface area (Å²) in [6.07, 6.45) is 2.71. The van der Waals surface area contributed by atoms with Crippen LogP contribution in [0.5, 0.6) is 0 Å². The summed E-state index contributed by atoms with van der Waals surface area (Å²) in [7, 11) is 0. The number of nitrogens with zero attached hydrogens (tertiary/aromatic N) is 1. The number of hydrogen-bond acceptors (Lipinski definition) is 9. The van der Waals surface area contributed by atoms with Gasteiger partial charge in [-0.05, 0) is 64.6 Å². The second-order valence-electron chi connectivity index (χ2n) is 18.2. The third-order valence-electron chi connectivity index (χ3n) is 12.8. The number of quaternary nitrogens is 1. The smallest absolute Gasteiger partial charge is 0.303 e. The molecule has 2 bridgehead atoms. The minimum atomic E-state index is -1.17. The van der Waals surface area contributed by atoms with Gasteiger partial charge < -0.3 is 52.2 Å². The van der Waals surface area contributed by atoms with Crippen molar-refractivity contribution in [2.24, 2.45) is 5.41 Å². The average molecular weight is 987 g/mol. The lowest BCUT2D eigenvalue weighted by molar-refractivity contribution is -0.374. The molecule has 72 heavy (non-hydrogen) atoms. The Morgan fingerprint density at radius 1 is 0.778 bits per heavy atom. The first-order valence-corrected chi connectivity index (χ1v) is 24.2. The highest BCUT2D eigenvalue weighted by Gasteiger charge is 2.44. The van der Waals surface area contributed by atoms with E-state index in [4.69, 9.17) is 4.74 Å². The van der Waals surface area contributed by atoms with Crippen LogP contribution < -0.4 is 32.3 Å². The van der Waals surface area contributed by atoms with Crippen molar-refractivity contribution < 1.29 is 59.0 Å².